The van der Waals surface area contributed by atoms with Gasteiger partial charge in [-0.3, -0.25) is 9.78 Å². The number of benzene rings is 1. The number of carbonyl (C=O) groups is 1. The van der Waals surface area contributed by atoms with E-state index in [-0.39, 0.29) is 13.0 Å². The molecule has 1 unspecified atom stereocenters. The first-order valence-electron chi connectivity index (χ1n) is 7.79. The molecule has 0 aliphatic rings. The Kier molecular flexibility index (Phi) is 6.57. The largest absolute Gasteiger partial charge is 0.469 e. The number of pyridine rings is 1. The number of halogens is 3. The van der Waals surface area contributed by atoms with E-state index in [2.05, 4.69) is 15.0 Å². The first-order chi connectivity index (χ1) is 12.3. The third-order valence-corrected chi connectivity index (χ3v) is 3.94. The number of alkyl halides is 2. The van der Waals surface area contributed by atoms with Crippen LogP contribution in [0.25, 0.3) is 0 Å². The molecule has 1 atom stereocenters. The Morgan fingerprint density at radius 2 is 1.96 bits per heavy atom. The van der Waals surface area contributed by atoms with Gasteiger partial charge >= 0.3 is 12.6 Å². The van der Waals surface area contributed by atoms with E-state index in [1.54, 1.807) is 24.5 Å². The van der Waals surface area contributed by atoms with Crippen molar-refractivity contribution in [2.75, 3.05) is 7.11 Å². The molecule has 26 heavy (non-hydrogen) atoms. The Balaban J connectivity index is 2.17. The van der Waals surface area contributed by atoms with Gasteiger partial charge in [-0.2, -0.15) is 8.78 Å². The van der Waals surface area contributed by atoms with Crippen LogP contribution in [-0.4, -0.2) is 24.7 Å². The second-order valence-corrected chi connectivity index (χ2v) is 5.82. The lowest BCUT2D eigenvalue weighted by atomic mass is 9.89. The molecule has 8 heteroatoms. The van der Waals surface area contributed by atoms with E-state index in [1.807, 2.05) is 6.92 Å². The first-order valence-corrected chi connectivity index (χ1v) is 7.79. The van der Waals surface area contributed by atoms with E-state index in [1.165, 1.54) is 13.2 Å². The van der Waals surface area contributed by atoms with Crippen molar-refractivity contribution in [2.45, 2.75) is 32.0 Å². The third kappa shape index (κ3) is 5.19. The molecule has 1 aromatic carbocycles. The van der Waals surface area contributed by atoms with Crippen LogP contribution >= 0.6 is 0 Å². The average Bonchev–Trinajstić information content (AvgIpc) is 2.62. The normalized spacial score (nSPS) is 13.3. The number of hydrogen-bond donors (Lipinski definition) is 1. The summed E-state index contributed by atoms with van der Waals surface area (Å²) in [7, 11) is 1.30. The summed E-state index contributed by atoms with van der Waals surface area (Å²) >= 11 is 0. The Morgan fingerprint density at radius 1 is 1.27 bits per heavy atom. The standard InChI is InChI=1S/C18H19F3N2O3/c1-18(10-16(24)25-2,13-5-7-22-8-6-13)23-11-12-3-4-15(14(19)9-12)26-17(20)21/h3-9,17,23H,10-11H2,1-2H3. The van der Waals surface area contributed by atoms with Gasteiger partial charge in [-0.05, 0) is 42.3 Å². The summed E-state index contributed by atoms with van der Waals surface area (Å²) in [6.07, 6.45) is 3.24. The molecule has 0 aliphatic carbocycles. The predicted octanol–water partition coefficient (Wildman–Crippen LogP) is 3.39. The molecule has 1 N–H and O–H groups in total. The smallest absolute Gasteiger partial charge is 0.387 e. The molecule has 140 valence electrons. The summed E-state index contributed by atoms with van der Waals surface area (Å²) in [5.41, 5.74) is 0.523. The molecular weight excluding hydrogens is 349 g/mol. The van der Waals surface area contributed by atoms with Crippen LogP contribution in [0.15, 0.2) is 42.7 Å². The summed E-state index contributed by atoms with van der Waals surface area (Å²) in [4.78, 5) is 15.7. The number of rotatable bonds is 8. The Morgan fingerprint density at radius 3 is 2.54 bits per heavy atom. The number of nitrogens with zero attached hydrogens (tertiary/aromatic N) is 1. The fourth-order valence-corrected chi connectivity index (χ4v) is 2.49. The maximum atomic E-state index is 13.8. The summed E-state index contributed by atoms with van der Waals surface area (Å²) in [5.74, 6) is -1.82. The van der Waals surface area contributed by atoms with E-state index in [4.69, 9.17) is 4.74 Å². The van der Waals surface area contributed by atoms with Crippen LogP contribution in [0.3, 0.4) is 0 Å². The molecule has 0 radical (unpaired) electrons. The molecule has 0 spiro atoms. The average molecular weight is 368 g/mol. The van der Waals surface area contributed by atoms with E-state index in [0.29, 0.717) is 5.56 Å². The van der Waals surface area contributed by atoms with E-state index in [9.17, 15) is 18.0 Å². The van der Waals surface area contributed by atoms with Gasteiger partial charge in [0, 0.05) is 18.9 Å². The summed E-state index contributed by atoms with van der Waals surface area (Å²) in [6.45, 7) is -1.09. The lowest BCUT2D eigenvalue weighted by Crippen LogP contribution is -2.41. The van der Waals surface area contributed by atoms with Crippen molar-refractivity contribution < 1.29 is 27.4 Å². The molecular formula is C18H19F3N2O3. The van der Waals surface area contributed by atoms with Crippen molar-refractivity contribution in [2.24, 2.45) is 0 Å². The third-order valence-electron chi connectivity index (χ3n) is 3.94. The van der Waals surface area contributed by atoms with Crippen molar-refractivity contribution in [1.82, 2.24) is 10.3 Å². The van der Waals surface area contributed by atoms with Gasteiger partial charge in [0.1, 0.15) is 0 Å². The topological polar surface area (TPSA) is 60.5 Å². The SMILES string of the molecule is COC(=O)CC(C)(NCc1ccc(OC(F)F)c(F)c1)c1ccncc1. The lowest BCUT2D eigenvalue weighted by Gasteiger charge is -2.30. The molecule has 1 aromatic heterocycles. The fraction of sp³-hybridized carbons (Fsp3) is 0.333. The van der Waals surface area contributed by atoms with Gasteiger partial charge in [-0.15, -0.1) is 0 Å². The zero-order valence-corrected chi connectivity index (χ0v) is 14.3. The first kappa shape index (κ1) is 19.7. The Hall–Kier alpha value is -2.61. The molecule has 0 aliphatic heterocycles. The molecule has 0 fully saturated rings. The minimum atomic E-state index is -3.09. The molecule has 0 saturated carbocycles. The summed E-state index contributed by atoms with van der Waals surface area (Å²) in [6, 6.07) is 7.24. The number of carbonyl (C=O) groups excluding carboxylic acids is 1. The molecule has 0 amide bonds. The molecule has 2 rings (SSSR count). The minimum absolute atomic E-state index is 0.0442. The monoisotopic (exact) mass is 368 g/mol. The fourth-order valence-electron chi connectivity index (χ4n) is 2.49. The van der Waals surface area contributed by atoms with Crippen LogP contribution in [0.1, 0.15) is 24.5 Å². The van der Waals surface area contributed by atoms with Gasteiger partial charge in [-0.1, -0.05) is 6.07 Å². The lowest BCUT2D eigenvalue weighted by molar-refractivity contribution is -0.142. The molecule has 1 heterocycles. The number of aromatic nitrogens is 1. The molecule has 0 saturated heterocycles. The maximum Gasteiger partial charge on any atom is 0.387 e. The van der Waals surface area contributed by atoms with Crippen molar-refractivity contribution in [1.29, 1.82) is 0 Å². The van der Waals surface area contributed by atoms with Crippen LogP contribution in [0.5, 0.6) is 5.75 Å². The second kappa shape index (κ2) is 8.66. The number of esters is 1. The quantitative estimate of drug-likeness (QED) is 0.724. The zero-order chi connectivity index (χ0) is 19.2. The van der Waals surface area contributed by atoms with Crippen molar-refractivity contribution >= 4 is 5.97 Å². The summed E-state index contributed by atoms with van der Waals surface area (Å²) < 4.78 is 47.1. The summed E-state index contributed by atoms with van der Waals surface area (Å²) in [5, 5.41) is 3.20. The van der Waals surface area contributed by atoms with Crippen LogP contribution < -0.4 is 10.1 Å². The Labute approximate surface area is 149 Å². The predicted molar refractivity (Wildman–Crippen MR) is 88.1 cm³/mol. The van der Waals surface area contributed by atoms with Crippen LogP contribution in [-0.2, 0) is 21.6 Å². The van der Waals surface area contributed by atoms with Crippen molar-refractivity contribution in [3.8, 4) is 5.75 Å². The van der Waals surface area contributed by atoms with Crippen LogP contribution in [0.2, 0.25) is 0 Å². The van der Waals surface area contributed by atoms with Crippen molar-refractivity contribution in [3.63, 3.8) is 0 Å². The Bertz CT molecular complexity index is 744. The van der Waals surface area contributed by atoms with Gasteiger partial charge in [0.2, 0.25) is 0 Å². The maximum absolute atomic E-state index is 13.8. The number of hydrogen-bond acceptors (Lipinski definition) is 5. The van der Waals surface area contributed by atoms with Crippen LogP contribution in [0, 0.1) is 5.82 Å². The van der Waals surface area contributed by atoms with Crippen molar-refractivity contribution in [3.05, 3.63) is 59.7 Å². The second-order valence-electron chi connectivity index (χ2n) is 5.82. The molecule has 5 nitrogen and oxygen atoms in total. The van der Waals surface area contributed by atoms with Gasteiger partial charge in [0.15, 0.2) is 11.6 Å². The zero-order valence-electron chi connectivity index (χ0n) is 14.3. The van der Waals surface area contributed by atoms with Crippen LogP contribution in [0.4, 0.5) is 13.2 Å². The van der Waals surface area contributed by atoms with Gasteiger partial charge in [0.25, 0.3) is 0 Å². The van der Waals surface area contributed by atoms with Gasteiger partial charge in [0.05, 0.1) is 19.1 Å². The van der Waals surface area contributed by atoms with E-state index < -0.39 is 29.7 Å². The molecule has 2 aromatic rings. The number of ether oxygens (including phenoxy) is 2. The van der Waals surface area contributed by atoms with E-state index in [0.717, 1.165) is 17.7 Å². The molecule has 0 bridgehead atoms. The number of methoxy groups -OCH3 is 1. The van der Waals surface area contributed by atoms with E-state index >= 15 is 0 Å². The highest BCUT2D eigenvalue weighted by Crippen LogP contribution is 2.26. The number of nitrogens with one attached hydrogen (secondary N) is 1. The highest BCUT2D eigenvalue weighted by Gasteiger charge is 2.29. The highest BCUT2D eigenvalue weighted by atomic mass is 19.3. The van der Waals surface area contributed by atoms with Gasteiger partial charge < -0.3 is 14.8 Å². The highest BCUT2D eigenvalue weighted by molar-refractivity contribution is 5.71. The minimum Gasteiger partial charge on any atom is -0.469 e. The van der Waals surface area contributed by atoms with Gasteiger partial charge in [-0.25, -0.2) is 4.39 Å².